The van der Waals surface area contributed by atoms with Gasteiger partial charge in [-0.05, 0) is 54.7 Å². The minimum absolute atomic E-state index is 0.0286. The van der Waals surface area contributed by atoms with Gasteiger partial charge < -0.3 is 28.9 Å². The SMILES string of the molecule is COc1cc(/C=C/C(=O)N2CCN(c3ccc(N4CCC(C)CC4)nn3)CC2)cc(OC)c1OC. The lowest BCUT2D eigenvalue weighted by atomic mass is 9.99. The molecule has 2 aromatic rings. The number of ether oxygens (including phenoxy) is 3. The van der Waals surface area contributed by atoms with Crippen LogP contribution in [-0.4, -0.2) is 81.6 Å². The molecule has 0 atom stereocenters. The first-order valence-electron chi connectivity index (χ1n) is 12.1. The smallest absolute Gasteiger partial charge is 0.246 e. The summed E-state index contributed by atoms with van der Waals surface area (Å²) < 4.78 is 16.1. The molecule has 0 unspecified atom stereocenters. The number of benzene rings is 1. The fourth-order valence-electron chi connectivity index (χ4n) is 4.52. The van der Waals surface area contributed by atoms with Crippen molar-refractivity contribution in [3.63, 3.8) is 0 Å². The Labute approximate surface area is 207 Å². The molecule has 188 valence electrons. The van der Waals surface area contributed by atoms with Gasteiger partial charge in [-0.1, -0.05) is 6.92 Å². The van der Waals surface area contributed by atoms with Crippen molar-refractivity contribution in [3.8, 4) is 17.2 Å². The molecule has 1 aromatic carbocycles. The molecule has 0 saturated carbocycles. The molecule has 2 aliphatic rings. The van der Waals surface area contributed by atoms with Crippen molar-refractivity contribution >= 4 is 23.6 Å². The Bertz CT molecular complexity index is 1000. The third kappa shape index (κ3) is 5.78. The van der Waals surface area contributed by atoms with E-state index in [4.69, 9.17) is 14.2 Å². The number of amides is 1. The Morgan fingerprint density at radius 1 is 0.857 bits per heavy atom. The minimum Gasteiger partial charge on any atom is -0.493 e. The van der Waals surface area contributed by atoms with Crippen LogP contribution < -0.4 is 24.0 Å². The van der Waals surface area contributed by atoms with Gasteiger partial charge in [0.05, 0.1) is 21.3 Å². The van der Waals surface area contributed by atoms with Crippen LogP contribution in [0.15, 0.2) is 30.3 Å². The highest BCUT2D eigenvalue weighted by atomic mass is 16.5. The Morgan fingerprint density at radius 3 is 1.89 bits per heavy atom. The zero-order valence-corrected chi connectivity index (χ0v) is 21.1. The zero-order valence-electron chi connectivity index (χ0n) is 21.1. The molecule has 9 heteroatoms. The molecule has 3 heterocycles. The number of aromatic nitrogens is 2. The summed E-state index contributed by atoms with van der Waals surface area (Å²) in [5, 5.41) is 8.95. The van der Waals surface area contributed by atoms with Crippen LogP contribution in [-0.2, 0) is 4.79 Å². The van der Waals surface area contributed by atoms with Crippen LogP contribution in [0, 0.1) is 5.92 Å². The number of piperazine rings is 1. The quantitative estimate of drug-likeness (QED) is 0.558. The van der Waals surface area contributed by atoms with Crippen molar-refractivity contribution in [2.75, 3.05) is 70.4 Å². The molecule has 1 aromatic heterocycles. The lowest BCUT2D eigenvalue weighted by Gasteiger charge is -2.35. The van der Waals surface area contributed by atoms with Crippen molar-refractivity contribution in [1.29, 1.82) is 0 Å². The summed E-state index contributed by atoms with van der Waals surface area (Å²) in [6.45, 7) is 7.09. The third-order valence-electron chi connectivity index (χ3n) is 6.76. The summed E-state index contributed by atoms with van der Waals surface area (Å²) in [4.78, 5) is 19.1. The fraction of sp³-hybridized carbons (Fsp3) is 0.500. The predicted molar refractivity (Wildman–Crippen MR) is 137 cm³/mol. The van der Waals surface area contributed by atoms with E-state index in [2.05, 4.69) is 33.0 Å². The number of piperidine rings is 1. The van der Waals surface area contributed by atoms with Crippen LogP contribution in [0.4, 0.5) is 11.6 Å². The van der Waals surface area contributed by atoms with E-state index >= 15 is 0 Å². The number of hydrogen-bond acceptors (Lipinski definition) is 8. The number of nitrogens with zero attached hydrogens (tertiary/aromatic N) is 5. The van der Waals surface area contributed by atoms with Gasteiger partial charge in [0, 0.05) is 45.3 Å². The molecular weight excluding hydrogens is 446 g/mol. The predicted octanol–water partition coefficient (Wildman–Crippen LogP) is 3.10. The van der Waals surface area contributed by atoms with Crippen LogP contribution in [0.2, 0.25) is 0 Å². The van der Waals surface area contributed by atoms with Gasteiger partial charge in [0.2, 0.25) is 11.7 Å². The Hall–Kier alpha value is -3.49. The maximum Gasteiger partial charge on any atom is 0.246 e. The zero-order chi connectivity index (χ0) is 24.8. The summed E-state index contributed by atoms with van der Waals surface area (Å²) in [6, 6.07) is 7.74. The van der Waals surface area contributed by atoms with Gasteiger partial charge in [-0.3, -0.25) is 4.79 Å². The van der Waals surface area contributed by atoms with Crippen molar-refractivity contribution < 1.29 is 19.0 Å². The Balaban J connectivity index is 1.32. The second kappa shape index (κ2) is 11.3. The number of anilines is 2. The Morgan fingerprint density at radius 2 is 1.40 bits per heavy atom. The van der Waals surface area contributed by atoms with E-state index in [9.17, 15) is 4.79 Å². The minimum atomic E-state index is -0.0286. The molecule has 0 radical (unpaired) electrons. The maximum absolute atomic E-state index is 12.8. The molecular formula is C26H35N5O4. The van der Waals surface area contributed by atoms with Crippen LogP contribution in [0.25, 0.3) is 6.08 Å². The van der Waals surface area contributed by atoms with E-state index in [1.807, 2.05) is 23.1 Å². The van der Waals surface area contributed by atoms with Gasteiger partial charge in [0.15, 0.2) is 23.1 Å². The molecule has 9 nitrogen and oxygen atoms in total. The van der Waals surface area contributed by atoms with E-state index in [1.54, 1.807) is 33.5 Å². The van der Waals surface area contributed by atoms with Gasteiger partial charge in [-0.15, -0.1) is 10.2 Å². The van der Waals surface area contributed by atoms with Gasteiger partial charge in [-0.2, -0.15) is 0 Å². The topological polar surface area (TPSA) is 80.3 Å². The van der Waals surface area contributed by atoms with E-state index in [-0.39, 0.29) is 5.91 Å². The highest BCUT2D eigenvalue weighted by Gasteiger charge is 2.22. The average Bonchev–Trinajstić information content (AvgIpc) is 2.91. The lowest BCUT2D eigenvalue weighted by Crippen LogP contribution is -2.48. The largest absolute Gasteiger partial charge is 0.493 e. The molecule has 2 fully saturated rings. The van der Waals surface area contributed by atoms with E-state index in [1.165, 1.54) is 12.8 Å². The summed E-state index contributed by atoms with van der Waals surface area (Å²) >= 11 is 0. The van der Waals surface area contributed by atoms with Crippen molar-refractivity contribution in [2.45, 2.75) is 19.8 Å². The lowest BCUT2D eigenvalue weighted by molar-refractivity contribution is -0.126. The number of rotatable bonds is 7. The first kappa shape index (κ1) is 24.6. The third-order valence-corrected chi connectivity index (χ3v) is 6.76. The highest BCUT2D eigenvalue weighted by molar-refractivity contribution is 5.92. The molecule has 2 saturated heterocycles. The van der Waals surface area contributed by atoms with Gasteiger partial charge in [0.25, 0.3) is 0 Å². The summed E-state index contributed by atoms with van der Waals surface area (Å²) in [5.41, 5.74) is 0.796. The fourth-order valence-corrected chi connectivity index (χ4v) is 4.52. The molecule has 0 N–H and O–H groups in total. The summed E-state index contributed by atoms with van der Waals surface area (Å²) in [5.74, 6) is 4.19. The molecule has 4 rings (SSSR count). The molecule has 1 amide bonds. The van der Waals surface area contributed by atoms with Crippen LogP contribution in [0.1, 0.15) is 25.3 Å². The second-order valence-electron chi connectivity index (χ2n) is 9.02. The monoisotopic (exact) mass is 481 g/mol. The molecule has 2 aliphatic heterocycles. The van der Waals surface area contributed by atoms with E-state index in [0.29, 0.717) is 30.3 Å². The Kier molecular flexibility index (Phi) is 7.94. The number of methoxy groups -OCH3 is 3. The molecule has 0 aliphatic carbocycles. The maximum atomic E-state index is 12.8. The standard InChI is InChI=1S/C26H35N5O4/c1-19-9-11-29(12-10-19)23-6-7-24(28-27-23)30-13-15-31(16-14-30)25(32)8-5-20-17-21(33-2)26(35-4)22(18-20)34-3/h5-8,17-19H,9-16H2,1-4H3/b8-5+. The van der Waals surface area contributed by atoms with Crippen LogP contribution >= 0.6 is 0 Å². The van der Waals surface area contributed by atoms with Gasteiger partial charge >= 0.3 is 0 Å². The average molecular weight is 482 g/mol. The molecule has 0 spiro atoms. The van der Waals surface area contributed by atoms with Crippen LogP contribution in [0.5, 0.6) is 17.2 Å². The van der Waals surface area contributed by atoms with E-state index < -0.39 is 0 Å². The van der Waals surface area contributed by atoms with E-state index in [0.717, 1.165) is 49.3 Å². The number of carbonyl (C=O) groups excluding carboxylic acids is 1. The molecule has 35 heavy (non-hydrogen) atoms. The normalized spacial score (nSPS) is 17.1. The summed E-state index contributed by atoms with van der Waals surface area (Å²) in [7, 11) is 4.71. The first-order valence-corrected chi connectivity index (χ1v) is 12.1. The second-order valence-corrected chi connectivity index (χ2v) is 9.02. The van der Waals surface area contributed by atoms with Gasteiger partial charge in [-0.25, -0.2) is 0 Å². The van der Waals surface area contributed by atoms with Gasteiger partial charge in [0.1, 0.15) is 0 Å². The van der Waals surface area contributed by atoms with Crippen LogP contribution in [0.3, 0.4) is 0 Å². The van der Waals surface area contributed by atoms with Crippen molar-refractivity contribution in [2.24, 2.45) is 5.92 Å². The number of hydrogen-bond donors (Lipinski definition) is 0. The summed E-state index contributed by atoms with van der Waals surface area (Å²) in [6.07, 6.45) is 5.76. The number of carbonyl (C=O) groups is 1. The highest BCUT2D eigenvalue weighted by Crippen LogP contribution is 2.38. The van der Waals surface area contributed by atoms with Crippen molar-refractivity contribution in [1.82, 2.24) is 15.1 Å². The first-order chi connectivity index (χ1) is 17.0. The molecule has 0 bridgehead atoms. The van der Waals surface area contributed by atoms with Crippen molar-refractivity contribution in [3.05, 3.63) is 35.9 Å².